The maximum atomic E-state index is 14.2. The van der Waals surface area contributed by atoms with Crippen molar-refractivity contribution in [2.45, 2.75) is 160 Å². The van der Waals surface area contributed by atoms with E-state index < -0.39 is 52.7 Å². The summed E-state index contributed by atoms with van der Waals surface area (Å²) in [6.07, 6.45) is 15.4. The molecule has 2 aliphatic heterocycles. The molecule has 7 nitrogen and oxygen atoms in total. The van der Waals surface area contributed by atoms with Crippen molar-refractivity contribution in [3.63, 3.8) is 0 Å². The zero-order chi connectivity index (χ0) is 31.0. The number of fused-ring (bicyclic) bond motifs is 2. The third-order valence-electron chi connectivity index (χ3n) is 12.6. The number of Topliss-reactive ketones (excluding diaryl/α,β-unsaturated/α-hetero) is 1. The fraction of sp³-hybridized carbons (Fsp3) is 0.889. The van der Waals surface area contributed by atoms with Gasteiger partial charge in [-0.15, -0.1) is 0 Å². The Morgan fingerprint density at radius 3 is 2.12 bits per heavy atom. The number of esters is 1. The van der Waals surface area contributed by atoms with E-state index in [9.17, 15) is 24.9 Å². The van der Waals surface area contributed by atoms with Gasteiger partial charge in [0.1, 0.15) is 17.6 Å². The van der Waals surface area contributed by atoms with Crippen molar-refractivity contribution in [3.05, 3.63) is 12.2 Å². The van der Waals surface area contributed by atoms with Gasteiger partial charge in [-0.05, 0) is 49.0 Å². The Morgan fingerprint density at radius 1 is 0.930 bits per heavy atom. The second-order valence-corrected chi connectivity index (χ2v) is 15.4. The van der Waals surface area contributed by atoms with Gasteiger partial charge in [0.2, 0.25) is 5.79 Å². The average Bonchev–Trinajstić information content (AvgIpc) is 3.08. The molecule has 4 bridgehead atoms. The number of aliphatic hydroxyl groups excluding tert-OH is 2. The maximum absolute atomic E-state index is 14.2. The molecule has 3 N–H and O–H groups in total. The van der Waals surface area contributed by atoms with Crippen molar-refractivity contribution >= 4 is 11.8 Å². The second kappa shape index (κ2) is 12.8. The summed E-state index contributed by atoms with van der Waals surface area (Å²) in [6, 6.07) is 0. The first-order chi connectivity index (χ1) is 20.5. The molecule has 4 saturated carbocycles. The number of ether oxygens (including phenoxy) is 2. The summed E-state index contributed by atoms with van der Waals surface area (Å²) in [6.45, 7) is 10.6. The molecule has 9 unspecified atom stereocenters. The van der Waals surface area contributed by atoms with Crippen LogP contribution >= 0.6 is 0 Å². The van der Waals surface area contributed by atoms with Crippen LogP contribution in [0.3, 0.4) is 0 Å². The van der Waals surface area contributed by atoms with Crippen LogP contribution in [-0.4, -0.2) is 57.8 Å². The molecule has 6 rings (SSSR count). The number of carbonyl (C=O) groups excluding carboxylic acids is 2. The van der Waals surface area contributed by atoms with Crippen LogP contribution in [0.1, 0.15) is 136 Å². The molecule has 244 valence electrons. The number of carbonyl (C=O) groups is 2. The lowest BCUT2D eigenvalue weighted by Crippen LogP contribution is -2.85. The third-order valence-corrected chi connectivity index (χ3v) is 12.6. The van der Waals surface area contributed by atoms with E-state index in [4.69, 9.17) is 9.47 Å². The van der Waals surface area contributed by atoms with Crippen molar-refractivity contribution in [3.8, 4) is 0 Å². The summed E-state index contributed by atoms with van der Waals surface area (Å²) in [5.74, 6) is -4.28. The van der Waals surface area contributed by atoms with Crippen molar-refractivity contribution < 1.29 is 34.4 Å². The van der Waals surface area contributed by atoms with Crippen molar-refractivity contribution in [1.82, 2.24) is 0 Å². The zero-order valence-electron chi connectivity index (χ0n) is 27.1. The molecule has 0 aromatic rings. The Bertz CT molecular complexity index is 1040. The Labute approximate surface area is 259 Å². The first-order valence-corrected chi connectivity index (χ1v) is 17.7. The van der Waals surface area contributed by atoms with Crippen LogP contribution in [0.15, 0.2) is 12.2 Å². The summed E-state index contributed by atoms with van der Waals surface area (Å²) in [5.41, 5.74) is -2.58. The molecular formula is C36H58O7. The number of ketones is 1. The first kappa shape index (κ1) is 33.1. The molecule has 4 aliphatic carbocycles. The summed E-state index contributed by atoms with van der Waals surface area (Å²) < 4.78 is 12.3. The Morgan fingerprint density at radius 2 is 1.51 bits per heavy atom. The normalized spacial score (nSPS) is 40.8. The molecule has 43 heavy (non-hydrogen) atoms. The van der Waals surface area contributed by atoms with E-state index in [0.717, 1.165) is 19.3 Å². The predicted octanol–water partition coefficient (Wildman–Crippen LogP) is 6.41. The van der Waals surface area contributed by atoms with E-state index in [-0.39, 0.29) is 30.2 Å². The molecule has 0 amide bonds. The van der Waals surface area contributed by atoms with Crippen LogP contribution in [0.4, 0.5) is 0 Å². The van der Waals surface area contributed by atoms with E-state index in [2.05, 4.69) is 27.4 Å². The van der Waals surface area contributed by atoms with Crippen molar-refractivity contribution in [1.29, 1.82) is 0 Å². The number of unbranched alkanes of at least 4 members (excludes halogenated alkanes) is 12. The third kappa shape index (κ3) is 5.16. The highest BCUT2D eigenvalue weighted by Gasteiger charge is 2.87. The maximum Gasteiger partial charge on any atom is 0.306 e. The number of hydrogen-bond donors (Lipinski definition) is 3. The highest BCUT2D eigenvalue weighted by atomic mass is 16.6. The van der Waals surface area contributed by atoms with E-state index in [1.807, 2.05) is 0 Å². The molecule has 2 saturated heterocycles. The van der Waals surface area contributed by atoms with Gasteiger partial charge < -0.3 is 24.8 Å². The van der Waals surface area contributed by atoms with Gasteiger partial charge in [0.25, 0.3) is 0 Å². The van der Waals surface area contributed by atoms with Crippen LogP contribution in [-0.2, 0) is 19.1 Å². The van der Waals surface area contributed by atoms with Gasteiger partial charge in [-0.2, -0.15) is 0 Å². The molecule has 2 heterocycles. The number of rotatable bonds is 15. The Balaban J connectivity index is 1.19. The lowest BCUT2D eigenvalue weighted by Gasteiger charge is -2.74. The Hall–Kier alpha value is -1.28. The molecule has 7 heteroatoms. The van der Waals surface area contributed by atoms with E-state index in [0.29, 0.717) is 31.3 Å². The van der Waals surface area contributed by atoms with Crippen LogP contribution in [0.25, 0.3) is 0 Å². The van der Waals surface area contributed by atoms with Crippen LogP contribution in [0.5, 0.6) is 0 Å². The average molecular weight is 603 g/mol. The Kier molecular flexibility index (Phi) is 9.89. The fourth-order valence-corrected chi connectivity index (χ4v) is 10.5. The van der Waals surface area contributed by atoms with Gasteiger partial charge in [0.05, 0.1) is 12.7 Å². The minimum absolute atomic E-state index is 0.0757. The minimum Gasteiger partial charge on any atom is -0.460 e. The van der Waals surface area contributed by atoms with E-state index >= 15 is 0 Å². The molecule has 0 aromatic carbocycles. The van der Waals surface area contributed by atoms with Crippen molar-refractivity contribution in [2.75, 3.05) is 6.61 Å². The van der Waals surface area contributed by atoms with Crippen LogP contribution in [0, 0.1) is 34.0 Å². The number of aliphatic hydroxyl groups is 3. The zero-order valence-corrected chi connectivity index (χ0v) is 27.1. The molecule has 9 atom stereocenters. The molecule has 2 spiro atoms. The summed E-state index contributed by atoms with van der Waals surface area (Å²) in [4.78, 5) is 27.4. The molecule has 6 fully saturated rings. The monoisotopic (exact) mass is 602 g/mol. The van der Waals surface area contributed by atoms with Crippen LogP contribution in [0.2, 0.25) is 0 Å². The molecule has 0 radical (unpaired) electrons. The lowest BCUT2D eigenvalue weighted by molar-refractivity contribution is -0.458. The van der Waals surface area contributed by atoms with E-state index in [1.165, 1.54) is 64.2 Å². The highest BCUT2D eigenvalue weighted by molar-refractivity contribution is 6.05. The largest absolute Gasteiger partial charge is 0.460 e. The summed E-state index contributed by atoms with van der Waals surface area (Å²) in [7, 11) is 0. The van der Waals surface area contributed by atoms with Gasteiger partial charge in [-0.1, -0.05) is 104 Å². The SMILES string of the molecule is C=C1C(=O)C23C(OC(=O)CCCCCCCCCCCCCCC)C1CCC2C12COC3(O)C(O)C1C(C)(C)CCC2O. The minimum atomic E-state index is -2.20. The predicted molar refractivity (Wildman–Crippen MR) is 165 cm³/mol. The van der Waals surface area contributed by atoms with Crippen molar-refractivity contribution in [2.24, 2.45) is 34.0 Å². The quantitative estimate of drug-likeness (QED) is 0.113. The fourth-order valence-electron chi connectivity index (χ4n) is 10.5. The standard InChI is InChI=1S/C36H58O7/c1-5-6-7-8-9-10-11-12-13-14-15-16-17-18-28(38)43-32-25-19-20-26-34-23-42-36(41,35(26,32)30(39)24(25)2)31(40)29(34)33(3,4)22-21-27(34)37/h25-27,29,31-32,37,40-41H,2,5-23H2,1,3-4H3. The molecular weight excluding hydrogens is 544 g/mol. The smallest absolute Gasteiger partial charge is 0.306 e. The van der Waals surface area contributed by atoms with Gasteiger partial charge in [0, 0.05) is 23.7 Å². The van der Waals surface area contributed by atoms with Gasteiger partial charge in [-0.25, -0.2) is 0 Å². The number of hydrogen-bond acceptors (Lipinski definition) is 7. The van der Waals surface area contributed by atoms with Crippen LogP contribution < -0.4 is 0 Å². The topological polar surface area (TPSA) is 113 Å². The first-order valence-electron chi connectivity index (χ1n) is 17.7. The van der Waals surface area contributed by atoms with Gasteiger partial charge in [-0.3, -0.25) is 9.59 Å². The van der Waals surface area contributed by atoms with E-state index in [1.54, 1.807) is 0 Å². The van der Waals surface area contributed by atoms with Gasteiger partial charge in [0.15, 0.2) is 5.78 Å². The summed E-state index contributed by atoms with van der Waals surface area (Å²) >= 11 is 0. The molecule has 0 aromatic heterocycles. The lowest BCUT2D eigenvalue weighted by atomic mass is 9.35. The summed E-state index contributed by atoms with van der Waals surface area (Å²) in [5, 5.41) is 35.7. The molecule has 6 aliphatic rings. The highest BCUT2D eigenvalue weighted by Crippen LogP contribution is 2.76. The second-order valence-electron chi connectivity index (χ2n) is 15.4. The van der Waals surface area contributed by atoms with Gasteiger partial charge >= 0.3 is 5.97 Å².